The molecule has 3 heterocycles. The van der Waals surface area contributed by atoms with E-state index in [1.54, 1.807) is 40.9 Å². The van der Waals surface area contributed by atoms with E-state index in [9.17, 15) is 14.9 Å². The largest absolute Gasteiger partial charge is 0.452 e. The van der Waals surface area contributed by atoms with E-state index in [1.807, 2.05) is 19.9 Å². The molecule has 1 fully saturated rings. The normalized spacial score (nSPS) is 19.6. The van der Waals surface area contributed by atoms with Crippen LogP contribution in [0.4, 0.5) is 0 Å². The quantitative estimate of drug-likeness (QED) is 0.772. The van der Waals surface area contributed by atoms with E-state index >= 15 is 0 Å². The average molecular weight is 369 g/mol. The summed E-state index contributed by atoms with van der Waals surface area (Å²) in [5, 5.41) is 9.50. The molecule has 1 amide bonds. The van der Waals surface area contributed by atoms with Gasteiger partial charge in [0.15, 0.2) is 6.61 Å². The van der Waals surface area contributed by atoms with Crippen LogP contribution in [-0.4, -0.2) is 40.0 Å². The second-order valence-corrected chi connectivity index (χ2v) is 6.92. The third-order valence-electron chi connectivity index (χ3n) is 5.03. The Morgan fingerprint density at radius 1 is 1.26 bits per heavy atom. The van der Waals surface area contributed by atoms with Crippen molar-refractivity contribution in [3.05, 3.63) is 41.4 Å². The fraction of sp³-hybridized carbons (Fsp3) is 0.450. The van der Waals surface area contributed by atoms with Crippen molar-refractivity contribution in [3.8, 4) is 12.0 Å². The zero-order valence-corrected chi connectivity index (χ0v) is 15.8. The predicted molar refractivity (Wildman–Crippen MR) is 97.4 cm³/mol. The second-order valence-electron chi connectivity index (χ2n) is 6.92. The molecular weight excluding hydrogens is 346 g/mol. The maximum atomic E-state index is 12.6. The van der Waals surface area contributed by atoms with Gasteiger partial charge in [-0.25, -0.2) is 4.79 Å². The lowest BCUT2D eigenvalue weighted by atomic mass is 9.97. The van der Waals surface area contributed by atoms with Gasteiger partial charge in [0.2, 0.25) is 5.88 Å². The van der Waals surface area contributed by atoms with Crippen LogP contribution < -0.4 is 0 Å². The number of hydrogen-bond donors (Lipinski definition) is 0. The molecule has 1 aliphatic heterocycles. The number of ether oxygens (including phenoxy) is 1. The van der Waals surface area contributed by atoms with E-state index in [0.717, 1.165) is 19.3 Å². The Labute approximate surface area is 158 Å². The monoisotopic (exact) mass is 369 g/mol. The molecule has 2 atom stereocenters. The number of aryl methyl sites for hydroxylation is 1. The Morgan fingerprint density at radius 3 is 2.48 bits per heavy atom. The van der Waals surface area contributed by atoms with Crippen LogP contribution in [0.2, 0.25) is 0 Å². The number of aromatic nitrogens is 1. The molecule has 7 heteroatoms. The number of likely N-dealkylation sites (tertiary alicyclic amines) is 1. The molecule has 0 bridgehead atoms. The topological polar surface area (TPSA) is 88.5 Å². The highest BCUT2D eigenvalue weighted by atomic mass is 16.5. The molecule has 7 nitrogen and oxygen atoms in total. The molecule has 142 valence electrons. The summed E-state index contributed by atoms with van der Waals surface area (Å²) in [7, 11) is 0. The Hall–Kier alpha value is -3.01. The molecule has 0 aromatic carbocycles. The minimum atomic E-state index is -0.725. The lowest BCUT2D eigenvalue weighted by Crippen LogP contribution is -2.49. The molecule has 27 heavy (non-hydrogen) atoms. The van der Waals surface area contributed by atoms with Crippen molar-refractivity contribution in [3.63, 3.8) is 0 Å². The smallest absolute Gasteiger partial charge is 0.343 e. The number of piperidine rings is 1. The SMILES string of the molecule is Cc1oc(-n2cccc2)c(C#N)c1C(=O)OCC(=O)N1[C@@H](C)CCC[C@@H]1C. The van der Waals surface area contributed by atoms with Crippen molar-refractivity contribution in [2.24, 2.45) is 0 Å². The average Bonchev–Trinajstić information content (AvgIpc) is 3.26. The van der Waals surface area contributed by atoms with E-state index in [4.69, 9.17) is 9.15 Å². The van der Waals surface area contributed by atoms with Gasteiger partial charge < -0.3 is 14.1 Å². The van der Waals surface area contributed by atoms with Crippen LogP contribution in [0.3, 0.4) is 0 Å². The maximum absolute atomic E-state index is 12.6. The van der Waals surface area contributed by atoms with Gasteiger partial charge in [-0.05, 0) is 52.2 Å². The van der Waals surface area contributed by atoms with Crippen LogP contribution in [0.15, 0.2) is 28.9 Å². The number of carbonyl (C=O) groups is 2. The van der Waals surface area contributed by atoms with Crippen molar-refractivity contribution < 1.29 is 18.7 Å². The van der Waals surface area contributed by atoms with E-state index in [0.29, 0.717) is 0 Å². The highest BCUT2D eigenvalue weighted by molar-refractivity contribution is 5.95. The number of amides is 1. The van der Waals surface area contributed by atoms with E-state index < -0.39 is 5.97 Å². The summed E-state index contributed by atoms with van der Waals surface area (Å²) in [5.74, 6) is -0.394. The molecule has 0 radical (unpaired) electrons. The number of furan rings is 1. The van der Waals surface area contributed by atoms with Gasteiger partial charge in [0.25, 0.3) is 5.91 Å². The minimum absolute atomic E-state index is 0.0636. The summed E-state index contributed by atoms with van der Waals surface area (Å²) in [4.78, 5) is 26.9. The summed E-state index contributed by atoms with van der Waals surface area (Å²) in [6, 6.07) is 5.85. The van der Waals surface area contributed by atoms with Crippen molar-refractivity contribution in [1.82, 2.24) is 9.47 Å². The fourth-order valence-corrected chi connectivity index (χ4v) is 3.72. The number of carbonyl (C=O) groups excluding carboxylic acids is 2. The Bertz CT molecular complexity index is 866. The van der Waals surface area contributed by atoms with E-state index in [1.165, 1.54) is 0 Å². The van der Waals surface area contributed by atoms with Crippen LogP contribution in [0.25, 0.3) is 5.88 Å². The number of rotatable bonds is 4. The fourth-order valence-electron chi connectivity index (χ4n) is 3.72. The number of hydrogen-bond acceptors (Lipinski definition) is 5. The van der Waals surface area contributed by atoms with E-state index in [2.05, 4.69) is 0 Å². The highest BCUT2D eigenvalue weighted by Crippen LogP contribution is 2.26. The summed E-state index contributed by atoms with van der Waals surface area (Å²) < 4.78 is 12.5. The molecule has 1 saturated heterocycles. The lowest BCUT2D eigenvalue weighted by Gasteiger charge is -2.38. The van der Waals surface area contributed by atoms with Gasteiger partial charge in [-0.15, -0.1) is 0 Å². The summed E-state index contributed by atoms with van der Waals surface area (Å²) in [5.41, 5.74) is 0.162. The molecule has 0 unspecified atom stereocenters. The third kappa shape index (κ3) is 3.61. The van der Waals surface area contributed by atoms with E-state index in [-0.39, 0.29) is 47.4 Å². The van der Waals surface area contributed by atoms with Gasteiger partial charge in [0.05, 0.1) is 0 Å². The second kappa shape index (κ2) is 7.70. The molecule has 2 aromatic heterocycles. The zero-order valence-electron chi connectivity index (χ0n) is 15.8. The van der Waals surface area contributed by atoms with Crippen molar-refractivity contribution >= 4 is 11.9 Å². The first-order chi connectivity index (χ1) is 12.9. The first-order valence-corrected chi connectivity index (χ1v) is 9.09. The van der Waals surface area contributed by atoms with Gasteiger partial charge in [0.1, 0.15) is 23.0 Å². The van der Waals surface area contributed by atoms with Gasteiger partial charge in [-0.1, -0.05) is 0 Å². The van der Waals surface area contributed by atoms with Crippen molar-refractivity contribution in [2.75, 3.05) is 6.61 Å². The van der Waals surface area contributed by atoms with Crippen molar-refractivity contribution in [2.45, 2.75) is 52.1 Å². The molecule has 3 rings (SSSR count). The number of nitrogens with zero attached hydrogens (tertiary/aromatic N) is 3. The van der Waals surface area contributed by atoms with Gasteiger partial charge >= 0.3 is 5.97 Å². The van der Waals surface area contributed by atoms with Crippen LogP contribution >= 0.6 is 0 Å². The first kappa shape index (κ1) is 18.8. The number of esters is 1. The number of nitriles is 1. The van der Waals surface area contributed by atoms with Gasteiger partial charge in [-0.2, -0.15) is 5.26 Å². The molecule has 1 aliphatic rings. The Balaban J connectivity index is 1.75. The molecule has 2 aromatic rings. The predicted octanol–water partition coefficient (Wildman–Crippen LogP) is 3.20. The van der Waals surface area contributed by atoms with Crippen LogP contribution in [-0.2, 0) is 9.53 Å². The van der Waals surface area contributed by atoms with Crippen LogP contribution in [0, 0.1) is 18.3 Å². The highest BCUT2D eigenvalue weighted by Gasteiger charge is 2.31. The van der Waals surface area contributed by atoms with Gasteiger partial charge in [0, 0.05) is 24.5 Å². The molecule has 0 N–H and O–H groups in total. The Morgan fingerprint density at radius 2 is 1.89 bits per heavy atom. The summed E-state index contributed by atoms with van der Waals surface area (Å²) in [6.07, 6.45) is 6.43. The minimum Gasteiger partial charge on any atom is -0.452 e. The summed E-state index contributed by atoms with van der Waals surface area (Å²) in [6.45, 7) is 5.27. The zero-order chi connectivity index (χ0) is 19.6. The van der Waals surface area contributed by atoms with Crippen LogP contribution in [0.5, 0.6) is 0 Å². The van der Waals surface area contributed by atoms with Crippen molar-refractivity contribution in [1.29, 1.82) is 5.26 Å². The molecule has 0 saturated carbocycles. The van der Waals surface area contributed by atoms with Gasteiger partial charge in [-0.3, -0.25) is 9.36 Å². The third-order valence-corrected chi connectivity index (χ3v) is 5.03. The summed E-state index contributed by atoms with van der Waals surface area (Å²) >= 11 is 0. The van der Waals surface area contributed by atoms with Crippen LogP contribution in [0.1, 0.15) is 54.8 Å². The standard InChI is InChI=1S/C20H23N3O4/c1-13-7-6-8-14(2)23(13)17(24)12-26-20(25)18-15(3)27-19(16(18)11-21)22-9-4-5-10-22/h4-5,9-10,13-14H,6-8,12H2,1-3H3/t13-,14-/m0/s1. The molecule has 0 spiro atoms. The molecule has 0 aliphatic carbocycles. The maximum Gasteiger partial charge on any atom is 0.343 e. The lowest BCUT2D eigenvalue weighted by molar-refractivity contribution is -0.140. The first-order valence-electron chi connectivity index (χ1n) is 9.09. The molecular formula is C20H23N3O4. The Kier molecular flexibility index (Phi) is 5.36.